The highest BCUT2D eigenvalue weighted by atomic mass is 32.1. The first-order valence-electron chi connectivity index (χ1n) is 15.3. The van der Waals surface area contributed by atoms with E-state index in [0.717, 1.165) is 22.4 Å². The molecule has 0 bridgehead atoms. The molecule has 0 spiro atoms. The average molecular weight is 607 g/mol. The Morgan fingerprint density at radius 2 is 1.00 bits per heavy atom. The van der Waals surface area contributed by atoms with Crippen LogP contribution in [-0.4, -0.2) is 19.5 Å². The molecule has 0 saturated carbocycles. The predicted molar refractivity (Wildman–Crippen MR) is 191 cm³/mol. The molecular weight excluding hydrogens is 581 g/mol. The van der Waals surface area contributed by atoms with Crippen LogP contribution in [0.1, 0.15) is 0 Å². The van der Waals surface area contributed by atoms with E-state index in [-0.39, 0.29) is 0 Å². The molecular formula is C41H26N4S. The van der Waals surface area contributed by atoms with Crippen LogP contribution in [0.3, 0.4) is 0 Å². The van der Waals surface area contributed by atoms with Crippen molar-refractivity contribution in [3.8, 4) is 51.0 Å². The molecule has 0 atom stereocenters. The number of hydrogen-bond acceptors (Lipinski definition) is 4. The van der Waals surface area contributed by atoms with Crippen LogP contribution in [0.25, 0.3) is 82.1 Å². The largest absolute Gasteiger partial charge is 0.315 e. The van der Waals surface area contributed by atoms with Gasteiger partial charge in [-0.3, -0.25) is 0 Å². The normalized spacial score (nSPS) is 11.5. The summed E-state index contributed by atoms with van der Waals surface area (Å²) in [5.74, 6) is 1.95. The molecule has 5 heteroatoms. The van der Waals surface area contributed by atoms with E-state index in [4.69, 9.17) is 15.0 Å². The summed E-state index contributed by atoms with van der Waals surface area (Å²) in [7, 11) is 0. The third-order valence-electron chi connectivity index (χ3n) is 8.48. The van der Waals surface area contributed by atoms with Crippen molar-refractivity contribution in [2.75, 3.05) is 0 Å². The van der Waals surface area contributed by atoms with Crippen molar-refractivity contribution in [3.63, 3.8) is 0 Å². The van der Waals surface area contributed by atoms with Gasteiger partial charge >= 0.3 is 0 Å². The summed E-state index contributed by atoms with van der Waals surface area (Å²) in [6.45, 7) is 0. The monoisotopic (exact) mass is 606 g/mol. The van der Waals surface area contributed by atoms with Crippen molar-refractivity contribution in [1.29, 1.82) is 0 Å². The second kappa shape index (κ2) is 10.9. The summed E-state index contributed by atoms with van der Waals surface area (Å²) in [5.41, 5.74) is 7.62. The van der Waals surface area contributed by atoms with Crippen LogP contribution >= 0.6 is 11.3 Å². The number of aromatic nitrogens is 4. The first-order valence-corrected chi connectivity index (χ1v) is 16.1. The highest BCUT2D eigenvalue weighted by Crippen LogP contribution is 2.43. The van der Waals surface area contributed by atoms with Gasteiger partial charge < -0.3 is 4.57 Å². The molecule has 0 unspecified atom stereocenters. The van der Waals surface area contributed by atoms with Gasteiger partial charge in [0.1, 0.15) is 0 Å². The Labute approximate surface area is 269 Å². The highest BCUT2D eigenvalue weighted by molar-refractivity contribution is 7.27. The van der Waals surface area contributed by atoms with Gasteiger partial charge in [-0.05, 0) is 29.3 Å². The Morgan fingerprint density at radius 1 is 0.435 bits per heavy atom. The van der Waals surface area contributed by atoms with Gasteiger partial charge in [0.25, 0.3) is 0 Å². The lowest BCUT2D eigenvalue weighted by atomic mass is 10.0. The van der Waals surface area contributed by atoms with Crippen LogP contribution in [0.15, 0.2) is 158 Å². The van der Waals surface area contributed by atoms with Crippen molar-refractivity contribution in [1.82, 2.24) is 19.5 Å². The van der Waals surface area contributed by atoms with Crippen molar-refractivity contribution in [2.45, 2.75) is 0 Å². The first kappa shape index (κ1) is 26.5. The fourth-order valence-electron chi connectivity index (χ4n) is 6.27. The van der Waals surface area contributed by atoms with Crippen molar-refractivity contribution < 1.29 is 0 Å². The molecule has 46 heavy (non-hydrogen) atoms. The third kappa shape index (κ3) is 4.48. The standard InChI is InChI=1S/C41H26N4S/c1-4-12-27(13-5-1)33-20-11-21-34-35-23-22-28-24-25-45(36(28)38(35)46-37(33)34)32-19-10-18-31(26-32)41-43-39(29-14-6-2-7-15-29)42-40(44-41)30-16-8-3-9-17-30/h1-26H. The zero-order valence-corrected chi connectivity index (χ0v) is 25.5. The van der Waals surface area contributed by atoms with Crippen LogP contribution in [0.4, 0.5) is 0 Å². The molecule has 0 radical (unpaired) electrons. The minimum absolute atomic E-state index is 0.644. The van der Waals surface area contributed by atoms with Gasteiger partial charge in [-0.15, -0.1) is 11.3 Å². The molecule has 3 heterocycles. The van der Waals surface area contributed by atoms with E-state index >= 15 is 0 Å². The molecule has 3 aromatic heterocycles. The maximum atomic E-state index is 4.97. The van der Waals surface area contributed by atoms with Gasteiger partial charge in [0.15, 0.2) is 17.5 Å². The Kier molecular flexibility index (Phi) is 6.28. The van der Waals surface area contributed by atoms with Gasteiger partial charge in [-0.2, -0.15) is 0 Å². The lowest BCUT2D eigenvalue weighted by Crippen LogP contribution is -2.00. The minimum atomic E-state index is 0.644. The van der Waals surface area contributed by atoms with E-state index in [1.165, 1.54) is 42.2 Å². The lowest BCUT2D eigenvalue weighted by molar-refractivity contribution is 1.07. The Bertz CT molecular complexity index is 2460. The fraction of sp³-hybridized carbons (Fsp3) is 0. The lowest BCUT2D eigenvalue weighted by Gasteiger charge is -2.11. The maximum absolute atomic E-state index is 4.97. The predicted octanol–water partition coefficient (Wildman–Crippen LogP) is 10.9. The number of rotatable bonds is 5. The van der Waals surface area contributed by atoms with Crippen LogP contribution in [0, 0.1) is 0 Å². The molecule has 0 fully saturated rings. The van der Waals surface area contributed by atoms with Gasteiger partial charge in [-0.1, -0.05) is 133 Å². The second-order valence-corrected chi connectivity index (χ2v) is 12.3. The third-order valence-corrected chi connectivity index (χ3v) is 9.74. The summed E-state index contributed by atoms with van der Waals surface area (Å²) >= 11 is 1.87. The number of nitrogens with zero attached hydrogens (tertiary/aromatic N) is 4. The summed E-state index contributed by atoms with van der Waals surface area (Å²) in [4.78, 5) is 14.8. The quantitative estimate of drug-likeness (QED) is 0.196. The van der Waals surface area contributed by atoms with Crippen molar-refractivity contribution in [3.05, 3.63) is 158 Å². The molecule has 4 nitrogen and oxygen atoms in total. The van der Waals surface area contributed by atoms with Crippen LogP contribution in [0.5, 0.6) is 0 Å². The molecule has 0 aliphatic carbocycles. The van der Waals surface area contributed by atoms with E-state index < -0.39 is 0 Å². The maximum Gasteiger partial charge on any atom is 0.164 e. The molecule has 0 aliphatic rings. The average Bonchev–Trinajstić information content (AvgIpc) is 3.75. The minimum Gasteiger partial charge on any atom is -0.315 e. The van der Waals surface area contributed by atoms with E-state index in [0.29, 0.717) is 17.5 Å². The number of thiophene rings is 1. The summed E-state index contributed by atoms with van der Waals surface area (Å²) < 4.78 is 4.89. The summed E-state index contributed by atoms with van der Waals surface area (Å²) in [5, 5.41) is 3.78. The first-order chi connectivity index (χ1) is 22.8. The van der Waals surface area contributed by atoms with E-state index in [9.17, 15) is 0 Å². The van der Waals surface area contributed by atoms with Gasteiger partial charge in [0.05, 0.1) is 10.2 Å². The van der Waals surface area contributed by atoms with E-state index in [1.54, 1.807) is 0 Å². The number of hydrogen-bond donors (Lipinski definition) is 0. The van der Waals surface area contributed by atoms with Crippen LogP contribution < -0.4 is 0 Å². The molecule has 0 amide bonds. The molecule has 0 saturated heterocycles. The van der Waals surface area contributed by atoms with E-state index in [2.05, 4.69) is 102 Å². The second-order valence-electron chi connectivity index (χ2n) is 11.3. The Hall–Kier alpha value is -5.91. The molecule has 0 N–H and O–H groups in total. The van der Waals surface area contributed by atoms with Gasteiger partial charge in [0, 0.05) is 49.4 Å². The van der Waals surface area contributed by atoms with Crippen LogP contribution in [0.2, 0.25) is 0 Å². The molecule has 6 aromatic carbocycles. The fourth-order valence-corrected chi connectivity index (χ4v) is 7.66. The topological polar surface area (TPSA) is 43.6 Å². The molecule has 9 rings (SSSR count). The van der Waals surface area contributed by atoms with Crippen LogP contribution in [-0.2, 0) is 0 Å². The highest BCUT2D eigenvalue weighted by Gasteiger charge is 2.17. The molecule has 0 aliphatic heterocycles. The Balaban J connectivity index is 1.22. The SMILES string of the molecule is c1ccc(-c2nc(-c3ccccc3)nc(-c3cccc(-n4ccc5ccc6c7cccc(-c8ccccc8)c7sc6c54)c3)n2)cc1. The smallest absolute Gasteiger partial charge is 0.164 e. The van der Waals surface area contributed by atoms with Crippen molar-refractivity contribution in [2.24, 2.45) is 0 Å². The molecule has 216 valence electrons. The zero-order chi connectivity index (χ0) is 30.5. The van der Waals surface area contributed by atoms with Gasteiger partial charge in [-0.25, -0.2) is 15.0 Å². The number of benzene rings is 6. The zero-order valence-electron chi connectivity index (χ0n) is 24.7. The summed E-state index contributed by atoms with van der Waals surface area (Å²) in [6.07, 6.45) is 2.17. The van der Waals surface area contributed by atoms with Gasteiger partial charge in [0.2, 0.25) is 0 Å². The number of fused-ring (bicyclic) bond motifs is 5. The summed E-state index contributed by atoms with van der Waals surface area (Å²) in [6, 6.07) is 52.7. The molecule has 9 aromatic rings. The van der Waals surface area contributed by atoms with Crippen molar-refractivity contribution >= 4 is 42.4 Å². The Morgan fingerprint density at radius 3 is 1.67 bits per heavy atom. The van der Waals surface area contributed by atoms with E-state index in [1.807, 2.05) is 72.0 Å².